The van der Waals surface area contributed by atoms with E-state index in [2.05, 4.69) is 24.5 Å². The lowest BCUT2D eigenvalue weighted by Gasteiger charge is -2.23. The van der Waals surface area contributed by atoms with Gasteiger partial charge in [-0.05, 0) is 24.1 Å². The minimum Gasteiger partial charge on any atom is -0.492 e. The number of benzene rings is 1. The summed E-state index contributed by atoms with van der Waals surface area (Å²) in [6, 6.07) is 4.92. The number of ether oxygens (including phenoxy) is 2. The van der Waals surface area contributed by atoms with E-state index in [0.29, 0.717) is 48.7 Å². The molecule has 116 valence electrons. The lowest BCUT2D eigenvalue weighted by atomic mass is 10.2. The van der Waals surface area contributed by atoms with E-state index < -0.39 is 0 Å². The average Bonchev–Trinajstić information content (AvgIpc) is 2.47. The van der Waals surface area contributed by atoms with Crippen molar-refractivity contribution in [3.63, 3.8) is 0 Å². The molecule has 5 nitrogen and oxygen atoms in total. The first-order chi connectivity index (χ1) is 10.1. The Hall–Kier alpha value is -1.30. The number of anilines is 1. The molecule has 1 aromatic carbocycles. The van der Waals surface area contributed by atoms with Gasteiger partial charge in [-0.25, -0.2) is 0 Å². The Balaban J connectivity index is 1.94. The maximum atomic E-state index is 12.1. The second kappa shape index (κ2) is 7.64. The van der Waals surface area contributed by atoms with E-state index in [-0.39, 0.29) is 11.9 Å². The van der Waals surface area contributed by atoms with Gasteiger partial charge in [0.25, 0.3) is 0 Å². The Labute approximate surface area is 130 Å². The first-order valence-electron chi connectivity index (χ1n) is 7.10. The zero-order valence-electron chi connectivity index (χ0n) is 12.3. The first-order valence-corrected chi connectivity index (χ1v) is 7.48. The van der Waals surface area contributed by atoms with Gasteiger partial charge >= 0.3 is 0 Å². The molecule has 21 heavy (non-hydrogen) atoms. The standard InChI is InChI=1S/C15H21ClN2O3/c1-10(2)8-21-14-4-3-11(7-12(14)16)18-15(19)13-9-20-6-5-17-13/h3-4,7,10,13,17H,5-6,8-9H2,1-2H3,(H,18,19)/t13-/m0/s1. The number of carbonyl (C=O) groups excluding carboxylic acids is 1. The topological polar surface area (TPSA) is 59.6 Å². The number of amides is 1. The van der Waals surface area contributed by atoms with Crippen LogP contribution in [0.5, 0.6) is 5.75 Å². The number of rotatable bonds is 5. The number of carbonyl (C=O) groups is 1. The normalized spacial score (nSPS) is 18.6. The number of hydrogen-bond acceptors (Lipinski definition) is 4. The Morgan fingerprint density at radius 2 is 2.38 bits per heavy atom. The van der Waals surface area contributed by atoms with Crippen molar-refractivity contribution in [1.29, 1.82) is 0 Å². The van der Waals surface area contributed by atoms with Crippen LogP contribution in [0.3, 0.4) is 0 Å². The van der Waals surface area contributed by atoms with Crippen LogP contribution in [0.4, 0.5) is 5.69 Å². The molecule has 1 fully saturated rings. The molecule has 0 bridgehead atoms. The third-order valence-corrected chi connectivity index (χ3v) is 3.31. The molecule has 6 heteroatoms. The summed E-state index contributed by atoms with van der Waals surface area (Å²) >= 11 is 6.17. The zero-order valence-corrected chi connectivity index (χ0v) is 13.1. The van der Waals surface area contributed by atoms with Gasteiger partial charge in [-0.2, -0.15) is 0 Å². The smallest absolute Gasteiger partial charge is 0.243 e. The first kappa shape index (κ1) is 16.1. The van der Waals surface area contributed by atoms with Crippen LogP contribution >= 0.6 is 11.6 Å². The molecule has 1 aromatic rings. The monoisotopic (exact) mass is 312 g/mol. The summed E-state index contributed by atoms with van der Waals surface area (Å²) in [5, 5.41) is 6.41. The summed E-state index contributed by atoms with van der Waals surface area (Å²) in [5.41, 5.74) is 0.647. The fraction of sp³-hybridized carbons (Fsp3) is 0.533. The van der Waals surface area contributed by atoms with Crippen molar-refractivity contribution in [2.45, 2.75) is 19.9 Å². The molecule has 2 rings (SSSR count). The Kier molecular flexibility index (Phi) is 5.85. The molecule has 1 atom stereocenters. The summed E-state index contributed by atoms with van der Waals surface area (Å²) in [6.45, 7) is 6.45. The van der Waals surface area contributed by atoms with Crippen molar-refractivity contribution in [2.24, 2.45) is 5.92 Å². The van der Waals surface area contributed by atoms with Crippen LogP contribution in [0.25, 0.3) is 0 Å². The lowest BCUT2D eigenvalue weighted by molar-refractivity contribution is -0.120. The van der Waals surface area contributed by atoms with E-state index >= 15 is 0 Å². The molecule has 0 saturated carbocycles. The molecule has 0 aliphatic carbocycles. The number of hydrogen-bond donors (Lipinski definition) is 2. The largest absolute Gasteiger partial charge is 0.492 e. The lowest BCUT2D eigenvalue weighted by Crippen LogP contribution is -2.48. The van der Waals surface area contributed by atoms with Gasteiger partial charge in [-0.3, -0.25) is 4.79 Å². The predicted molar refractivity (Wildman–Crippen MR) is 83.0 cm³/mol. The molecule has 1 saturated heterocycles. The summed E-state index contributed by atoms with van der Waals surface area (Å²) in [5.74, 6) is 0.932. The molecule has 0 aromatic heterocycles. The fourth-order valence-corrected chi connectivity index (χ4v) is 2.15. The summed E-state index contributed by atoms with van der Waals surface area (Å²) in [4.78, 5) is 12.1. The zero-order chi connectivity index (χ0) is 15.2. The van der Waals surface area contributed by atoms with Gasteiger partial charge in [0.2, 0.25) is 5.91 Å². The molecule has 0 unspecified atom stereocenters. The van der Waals surface area contributed by atoms with Gasteiger partial charge in [0, 0.05) is 12.2 Å². The molecule has 0 radical (unpaired) electrons. The third-order valence-electron chi connectivity index (χ3n) is 3.01. The molecule has 2 N–H and O–H groups in total. The van der Waals surface area contributed by atoms with Crippen LogP contribution in [0.15, 0.2) is 18.2 Å². The highest BCUT2D eigenvalue weighted by Gasteiger charge is 2.21. The molecule has 0 spiro atoms. The highest BCUT2D eigenvalue weighted by Crippen LogP contribution is 2.28. The van der Waals surface area contributed by atoms with Crippen molar-refractivity contribution in [1.82, 2.24) is 5.32 Å². The van der Waals surface area contributed by atoms with Crippen molar-refractivity contribution >= 4 is 23.2 Å². The molecule has 1 aliphatic heterocycles. The van der Waals surface area contributed by atoms with Crippen molar-refractivity contribution in [3.8, 4) is 5.75 Å². The highest BCUT2D eigenvalue weighted by molar-refractivity contribution is 6.32. The van der Waals surface area contributed by atoms with E-state index in [0.717, 1.165) is 0 Å². The molecule has 1 heterocycles. The maximum Gasteiger partial charge on any atom is 0.243 e. The van der Waals surface area contributed by atoms with Gasteiger partial charge in [-0.15, -0.1) is 0 Å². The maximum absolute atomic E-state index is 12.1. The van der Waals surface area contributed by atoms with Gasteiger partial charge in [-0.1, -0.05) is 25.4 Å². The second-order valence-electron chi connectivity index (χ2n) is 5.42. The van der Waals surface area contributed by atoms with E-state index in [1.54, 1.807) is 18.2 Å². The van der Waals surface area contributed by atoms with Gasteiger partial charge in [0.15, 0.2) is 0 Å². The van der Waals surface area contributed by atoms with E-state index in [4.69, 9.17) is 21.1 Å². The SMILES string of the molecule is CC(C)COc1ccc(NC(=O)[C@@H]2COCCN2)cc1Cl. The van der Waals surface area contributed by atoms with E-state index in [1.165, 1.54) is 0 Å². The van der Waals surface area contributed by atoms with E-state index in [1.807, 2.05) is 0 Å². The predicted octanol–water partition coefficient (Wildman–Crippen LogP) is 2.30. The van der Waals surface area contributed by atoms with Crippen molar-refractivity contribution in [3.05, 3.63) is 23.2 Å². The Morgan fingerprint density at radius 1 is 1.57 bits per heavy atom. The van der Waals surface area contributed by atoms with Crippen LogP contribution in [0, 0.1) is 5.92 Å². The van der Waals surface area contributed by atoms with Gasteiger partial charge < -0.3 is 20.1 Å². The van der Waals surface area contributed by atoms with Crippen molar-refractivity contribution < 1.29 is 14.3 Å². The Morgan fingerprint density at radius 3 is 3.00 bits per heavy atom. The molecular formula is C15H21ClN2O3. The van der Waals surface area contributed by atoms with Crippen LogP contribution < -0.4 is 15.4 Å². The van der Waals surface area contributed by atoms with Gasteiger partial charge in [0.05, 0.1) is 24.8 Å². The molecular weight excluding hydrogens is 292 g/mol. The summed E-state index contributed by atoms with van der Waals surface area (Å²) in [6.07, 6.45) is 0. The molecule has 1 amide bonds. The minimum absolute atomic E-state index is 0.124. The van der Waals surface area contributed by atoms with E-state index in [9.17, 15) is 4.79 Å². The number of nitrogens with one attached hydrogen (secondary N) is 2. The summed E-state index contributed by atoms with van der Waals surface area (Å²) in [7, 11) is 0. The minimum atomic E-state index is -0.325. The highest BCUT2D eigenvalue weighted by atomic mass is 35.5. The average molecular weight is 313 g/mol. The van der Waals surface area contributed by atoms with Gasteiger partial charge in [0.1, 0.15) is 11.8 Å². The van der Waals surface area contributed by atoms with Crippen LogP contribution in [-0.4, -0.2) is 38.3 Å². The van der Waals surface area contributed by atoms with Crippen LogP contribution in [0.1, 0.15) is 13.8 Å². The summed E-state index contributed by atoms with van der Waals surface area (Å²) < 4.78 is 10.9. The fourth-order valence-electron chi connectivity index (χ4n) is 1.92. The second-order valence-corrected chi connectivity index (χ2v) is 5.83. The quantitative estimate of drug-likeness (QED) is 0.876. The van der Waals surface area contributed by atoms with Crippen LogP contribution in [-0.2, 0) is 9.53 Å². The number of halogens is 1. The molecule has 1 aliphatic rings. The number of morpholine rings is 1. The Bertz CT molecular complexity index is 488. The van der Waals surface area contributed by atoms with Crippen molar-refractivity contribution in [2.75, 3.05) is 31.7 Å². The third kappa shape index (κ3) is 4.88. The van der Waals surface area contributed by atoms with Crippen LogP contribution in [0.2, 0.25) is 5.02 Å².